The molecular weight excluding hydrogens is 250 g/mol. The van der Waals surface area contributed by atoms with Crippen molar-refractivity contribution in [3.05, 3.63) is 66.2 Å². The van der Waals surface area contributed by atoms with Gasteiger partial charge in [0.25, 0.3) is 0 Å². The molecule has 0 aromatic heterocycles. The second kappa shape index (κ2) is 6.86. The zero-order chi connectivity index (χ0) is 14.2. The van der Waals surface area contributed by atoms with Crippen LogP contribution >= 0.6 is 0 Å². The first-order valence-electron chi connectivity index (χ1n) is 6.15. The molecule has 2 rings (SSSR count). The number of anilines is 1. The van der Waals surface area contributed by atoms with Gasteiger partial charge in [0.05, 0.1) is 5.69 Å². The largest absolute Gasteiger partial charge is 0.291 e. The third-order valence-electron chi connectivity index (χ3n) is 2.65. The molecular formula is C16H13N3O. The molecule has 0 spiro atoms. The van der Waals surface area contributed by atoms with Crippen LogP contribution in [0.25, 0.3) is 0 Å². The number of carbonyl (C=O) groups is 1. The molecule has 0 heterocycles. The molecule has 0 aliphatic rings. The van der Waals surface area contributed by atoms with Gasteiger partial charge >= 0.3 is 0 Å². The quantitative estimate of drug-likeness (QED) is 0.666. The molecule has 0 aliphatic carbocycles. The highest BCUT2D eigenvalue weighted by Gasteiger charge is 2.11. The predicted octanol–water partition coefficient (Wildman–Crippen LogP) is 2.79. The van der Waals surface area contributed by atoms with E-state index in [-0.39, 0.29) is 17.9 Å². The van der Waals surface area contributed by atoms with Gasteiger partial charge in [-0.3, -0.25) is 10.2 Å². The summed E-state index contributed by atoms with van der Waals surface area (Å²) >= 11 is 0. The number of nitrogens with zero attached hydrogens (tertiary/aromatic N) is 2. The van der Waals surface area contributed by atoms with Gasteiger partial charge in [-0.25, -0.2) is 0 Å². The molecule has 0 aliphatic heterocycles. The van der Waals surface area contributed by atoms with Crippen molar-refractivity contribution in [2.24, 2.45) is 5.10 Å². The van der Waals surface area contributed by atoms with Crippen molar-refractivity contribution < 1.29 is 4.79 Å². The Morgan fingerprint density at radius 1 is 1.05 bits per heavy atom. The number of benzene rings is 2. The fourth-order valence-electron chi connectivity index (χ4n) is 1.65. The number of ketones is 1. The summed E-state index contributed by atoms with van der Waals surface area (Å²) in [6.07, 6.45) is 0.170. The lowest BCUT2D eigenvalue weighted by molar-refractivity contribution is -0.112. The SMILES string of the molecule is N#C/C(=N\Nc1ccccc1)C(=O)Cc1ccccc1. The maximum Gasteiger partial charge on any atom is 0.203 e. The number of rotatable bonds is 5. The van der Waals surface area contributed by atoms with E-state index in [1.54, 1.807) is 12.1 Å². The van der Waals surface area contributed by atoms with Crippen LogP contribution in [0.1, 0.15) is 5.56 Å². The van der Waals surface area contributed by atoms with E-state index < -0.39 is 0 Å². The molecule has 0 bridgehead atoms. The second-order valence-corrected chi connectivity index (χ2v) is 4.14. The Bertz CT molecular complexity index is 642. The monoisotopic (exact) mass is 263 g/mol. The van der Waals surface area contributed by atoms with Crippen molar-refractivity contribution in [1.29, 1.82) is 5.26 Å². The van der Waals surface area contributed by atoms with Gasteiger partial charge in [-0.1, -0.05) is 48.5 Å². The third-order valence-corrected chi connectivity index (χ3v) is 2.65. The summed E-state index contributed by atoms with van der Waals surface area (Å²) in [5, 5.41) is 12.9. The lowest BCUT2D eigenvalue weighted by atomic mass is 10.1. The van der Waals surface area contributed by atoms with Crippen LogP contribution < -0.4 is 5.43 Å². The van der Waals surface area contributed by atoms with Gasteiger partial charge in [-0.05, 0) is 17.7 Å². The first kappa shape index (κ1) is 13.5. The number of nitriles is 1. The summed E-state index contributed by atoms with van der Waals surface area (Å²) < 4.78 is 0. The number of nitrogens with one attached hydrogen (secondary N) is 1. The van der Waals surface area contributed by atoms with E-state index in [1.165, 1.54) is 0 Å². The summed E-state index contributed by atoms with van der Waals surface area (Å²) in [7, 11) is 0. The number of hydrogen-bond acceptors (Lipinski definition) is 4. The number of para-hydroxylation sites is 1. The molecule has 0 amide bonds. The van der Waals surface area contributed by atoms with Crippen molar-refractivity contribution in [3.8, 4) is 6.07 Å². The van der Waals surface area contributed by atoms with Gasteiger partial charge in [0, 0.05) is 6.42 Å². The highest BCUT2D eigenvalue weighted by Crippen LogP contribution is 2.05. The van der Waals surface area contributed by atoms with E-state index in [9.17, 15) is 4.79 Å². The van der Waals surface area contributed by atoms with Crippen molar-refractivity contribution in [2.45, 2.75) is 6.42 Å². The minimum absolute atomic E-state index is 0.127. The van der Waals surface area contributed by atoms with Gasteiger partial charge in [-0.2, -0.15) is 10.4 Å². The van der Waals surface area contributed by atoms with E-state index in [0.29, 0.717) is 0 Å². The van der Waals surface area contributed by atoms with Crippen molar-refractivity contribution in [1.82, 2.24) is 0 Å². The van der Waals surface area contributed by atoms with E-state index >= 15 is 0 Å². The number of hydrogen-bond donors (Lipinski definition) is 1. The molecule has 0 saturated carbocycles. The summed E-state index contributed by atoms with van der Waals surface area (Å²) in [5.41, 5.74) is 4.17. The molecule has 2 aromatic rings. The Kier molecular flexibility index (Phi) is 4.63. The van der Waals surface area contributed by atoms with Crippen LogP contribution in [0.4, 0.5) is 5.69 Å². The zero-order valence-electron chi connectivity index (χ0n) is 10.8. The number of hydrazone groups is 1. The summed E-state index contributed by atoms with van der Waals surface area (Å²) in [6, 6.07) is 20.3. The fraction of sp³-hybridized carbons (Fsp3) is 0.0625. The van der Waals surface area contributed by atoms with Gasteiger partial charge in [-0.15, -0.1) is 0 Å². The summed E-state index contributed by atoms with van der Waals surface area (Å²) in [5.74, 6) is -0.304. The van der Waals surface area contributed by atoms with E-state index in [1.807, 2.05) is 54.6 Å². The Balaban J connectivity index is 2.05. The van der Waals surface area contributed by atoms with E-state index in [4.69, 9.17) is 5.26 Å². The molecule has 0 atom stereocenters. The maximum atomic E-state index is 12.0. The van der Waals surface area contributed by atoms with Crippen LogP contribution in [0.2, 0.25) is 0 Å². The molecule has 1 N–H and O–H groups in total. The standard InChI is InChI=1S/C16H13N3O/c17-12-15(19-18-14-9-5-2-6-10-14)16(20)11-13-7-3-1-4-8-13/h1-10,18H,11H2/b19-15+. The van der Waals surface area contributed by atoms with Gasteiger partial charge < -0.3 is 0 Å². The van der Waals surface area contributed by atoms with Crippen molar-refractivity contribution in [3.63, 3.8) is 0 Å². The van der Waals surface area contributed by atoms with Gasteiger partial charge in [0.1, 0.15) is 6.07 Å². The first-order chi connectivity index (χ1) is 9.79. The molecule has 4 heteroatoms. The number of Topliss-reactive ketones (excluding diaryl/α,β-unsaturated/α-hetero) is 1. The zero-order valence-corrected chi connectivity index (χ0v) is 10.8. The Labute approximate surface area is 117 Å². The van der Waals surface area contributed by atoms with Gasteiger partial charge in [0.15, 0.2) is 5.78 Å². The molecule has 0 radical (unpaired) electrons. The normalized spacial score (nSPS) is 10.7. The van der Waals surface area contributed by atoms with Crippen LogP contribution in [0, 0.1) is 11.3 Å². The maximum absolute atomic E-state index is 12.0. The van der Waals surface area contributed by atoms with Gasteiger partial charge in [0.2, 0.25) is 5.71 Å². The summed E-state index contributed by atoms with van der Waals surface area (Å²) in [6.45, 7) is 0. The third kappa shape index (κ3) is 3.79. The first-order valence-corrected chi connectivity index (χ1v) is 6.15. The minimum atomic E-state index is -0.304. The molecule has 20 heavy (non-hydrogen) atoms. The Morgan fingerprint density at radius 3 is 2.25 bits per heavy atom. The molecule has 4 nitrogen and oxygen atoms in total. The average Bonchev–Trinajstić information content (AvgIpc) is 2.50. The van der Waals surface area contributed by atoms with Crippen LogP contribution in [-0.2, 0) is 11.2 Å². The molecule has 2 aromatic carbocycles. The van der Waals surface area contributed by atoms with E-state index in [2.05, 4.69) is 10.5 Å². The smallest absolute Gasteiger partial charge is 0.203 e. The summed E-state index contributed by atoms with van der Waals surface area (Å²) in [4.78, 5) is 12.0. The van der Waals surface area contributed by atoms with Crippen LogP contribution in [-0.4, -0.2) is 11.5 Å². The van der Waals surface area contributed by atoms with E-state index in [0.717, 1.165) is 11.3 Å². The lowest BCUT2D eigenvalue weighted by Crippen LogP contribution is -2.16. The second-order valence-electron chi connectivity index (χ2n) is 4.14. The van der Waals surface area contributed by atoms with Crippen LogP contribution in [0.15, 0.2) is 65.8 Å². The molecule has 0 saturated heterocycles. The minimum Gasteiger partial charge on any atom is -0.291 e. The highest BCUT2D eigenvalue weighted by atomic mass is 16.1. The molecule has 98 valence electrons. The Morgan fingerprint density at radius 2 is 1.65 bits per heavy atom. The van der Waals surface area contributed by atoms with Crippen molar-refractivity contribution >= 4 is 17.2 Å². The Hall–Kier alpha value is -2.93. The lowest BCUT2D eigenvalue weighted by Gasteiger charge is -2.01. The molecule has 0 fully saturated rings. The molecule has 0 unspecified atom stereocenters. The van der Waals surface area contributed by atoms with Crippen LogP contribution in [0.3, 0.4) is 0 Å². The van der Waals surface area contributed by atoms with Crippen molar-refractivity contribution in [2.75, 3.05) is 5.43 Å². The topological polar surface area (TPSA) is 65.2 Å². The number of carbonyl (C=O) groups excluding carboxylic acids is 1. The fourth-order valence-corrected chi connectivity index (χ4v) is 1.65. The van der Waals surface area contributed by atoms with Crippen LogP contribution in [0.5, 0.6) is 0 Å². The average molecular weight is 263 g/mol. The predicted molar refractivity (Wildman–Crippen MR) is 78.3 cm³/mol. The highest BCUT2D eigenvalue weighted by molar-refractivity contribution is 6.46.